The molecular formula is C96H125N5O9. The Bertz CT molecular complexity index is 4170. The number of hydrogen-bond donors (Lipinski definition) is 3. The first-order valence-corrected chi connectivity index (χ1v) is 42.5. The molecule has 0 saturated heterocycles. The number of unbranched alkanes of at least 4 members (excludes halogenated alkanes) is 30. The Balaban J connectivity index is 1.39. The molecule has 9 rings (SSSR count). The number of benzene rings is 3. The van der Waals surface area contributed by atoms with Crippen molar-refractivity contribution in [2.24, 2.45) is 0 Å². The van der Waals surface area contributed by atoms with Crippen molar-refractivity contribution in [2.45, 2.75) is 273 Å². The predicted octanol–water partition coefficient (Wildman–Crippen LogP) is 27.1. The Morgan fingerprint density at radius 3 is 0.955 bits per heavy atom. The standard InChI is InChI=1S/C96H125N5O9/c1-7-13-19-25-31-37-64-104-84-46-43-47-85(105-65-38-32-26-20-14-8-2)93(84)90-78-58-56-76(98-78)75(55-54-73-52-53-74(110-73)70-72(71-97)96(102)103)77-57-59-79(99-77)91(94-86(106-66-39-33-27-21-15-9-3)48-44-49-87(94)107-67-40-34-28-22-16-10-4)81-61-63-83(101-81)92(82-62-60-80(90)100-82)95-88(108-68-41-35-29-23-17-11-5)50-45-51-89(95)109-69-42-36-30-24-18-12-6/h43-53,56-63,70,98,101H,7-42,64-69H2,1-6H3,(H,102,103)/b72-70-,76-75?,77-75?,90-78?,90-80?,91-79?,91-81?,92-82?,92-83?. The van der Waals surface area contributed by atoms with Crippen LogP contribution in [0.15, 0.2) is 101 Å². The Labute approximate surface area is 657 Å². The van der Waals surface area contributed by atoms with Crippen LogP contribution in [0, 0.1) is 23.2 Å². The van der Waals surface area contributed by atoms with Gasteiger partial charge in [-0.1, -0.05) is 258 Å². The van der Waals surface area contributed by atoms with E-state index >= 15 is 0 Å². The van der Waals surface area contributed by atoms with Crippen LogP contribution in [0.4, 0.5) is 0 Å². The minimum Gasteiger partial charge on any atom is -0.493 e. The normalized spacial score (nSPS) is 11.8. The van der Waals surface area contributed by atoms with E-state index in [1.54, 1.807) is 18.2 Å². The molecule has 14 heteroatoms. The number of H-pyrrole nitrogens is 2. The summed E-state index contributed by atoms with van der Waals surface area (Å²) in [5, 5.41) is 19.5. The van der Waals surface area contributed by atoms with E-state index in [2.05, 4.69) is 142 Å². The minimum atomic E-state index is -1.35. The third-order valence-electron chi connectivity index (χ3n) is 20.6. The number of aromatic nitrogens is 4. The van der Waals surface area contributed by atoms with E-state index in [1.807, 2.05) is 24.3 Å². The molecule has 14 nitrogen and oxygen atoms in total. The molecule has 0 spiro atoms. The summed E-state index contributed by atoms with van der Waals surface area (Å²) in [5.74, 6) is 10.0. The van der Waals surface area contributed by atoms with Crippen LogP contribution in [0.5, 0.6) is 34.5 Å². The lowest BCUT2D eigenvalue weighted by Crippen LogP contribution is -2.04. The van der Waals surface area contributed by atoms with E-state index in [4.69, 9.17) is 42.8 Å². The van der Waals surface area contributed by atoms with Crippen LogP contribution >= 0.6 is 0 Å². The maximum absolute atomic E-state index is 12.0. The van der Waals surface area contributed by atoms with Gasteiger partial charge in [-0.2, -0.15) is 5.26 Å². The minimum absolute atomic E-state index is 0.178. The highest BCUT2D eigenvalue weighted by Crippen LogP contribution is 2.49. The molecule has 0 saturated carbocycles. The number of hydrogen-bond acceptors (Lipinski definition) is 11. The van der Waals surface area contributed by atoms with E-state index in [1.165, 1.54) is 122 Å². The number of nitrogens with zero attached hydrogens (tertiary/aromatic N) is 3. The molecule has 110 heavy (non-hydrogen) atoms. The number of carboxylic acids is 1. The number of aliphatic carboxylic acids is 1. The largest absolute Gasteiger partial charge is 0.493 e. The highest BCUT2D eigenvalue weighted by Gasteiger charge is 2.27. The van der Waals surface area contributed by atoms with Crippen molar-refractivity contribution in [2.75, 3.05) is 39.6 Å². The maximum Gasteiger partial charge on any atom is 0.346 e. The monoisotopic (exact) mass is 1490 g/mol. The lowest BCUT2D eigenvalue weighted by atomic mass is 10.0. The van der Waals surface area contributed by atoms with E-state index < -0.39 is 11.5 Å². The van der Waals surface area contributed by atoms with Crippen LogP contribution in [0.2, 0.25) is 0 Å². The van der Waals surface area contributed by atoms with Crippen molar-refractivity contribution in [3.63, 3.8) is 0 Å². The number of nitriles is 1. The van der Waals surface area contributed by atoms with Gasteiger partial charge < -0.3 is 47.9 Å². The van der Waals surface area contributed by atoms with Crippen molar-refractivity contribution in [1.29, 1.82) is 5.26 Å². The summed E-state index contributed by atoms with van der Waals surface area (Å²) in [6.45, 7) is 16.7. The van der Waals surface area contributed by atoms with Gasteiger partial charge in [-0.05, 0) is 142 Å². The van der Waals surface area contributed by atoms with Gasteiger partial charge in [0.05, 0.1) is 90.2 Å². The van der Waals surface area contributed by atoms with Gasteiger partial charge in [-0.3, -0.25) is 0 Å². The highest BCUT2D eigenvalue weighted by molar-refractivity contribution is 6.02. The molecule has 0 aliphatic carbocycles. The quantitative estimate of drug-likeness (QED) is 0.0142. The summed E-state index contributed by atoms with van der Waals surface area (Å²) in [6.07, 6.45) is 49.9. The smallest absolute Gasteiger partial charge is 0.346 e. The number of furan rings is 1. The number of rotatable bonds is 53. The van der Waals surface area contributed by atoms with Gasteiger partial charge in [-0.25, -0.2) is 14.8 Å². The summed E-state index contributed by atoms with van der Waals surface area (Å²) in [6, 6.07) is 32.0. The predicted molar refractivity (Wildman–Crippen MR) is 454 cm³/mol. The number of nitrogens with one attached hydrogen (secondary N) is 2. The van der Waals surface area contributed by atoms with E-state index in [0.29, 0.717) is 108 Å². The first-order valence-electron chi connectivity index (χ1n) is 42.5. The number of carbonyl (C=O) groups is 1. The van der Waals surface area contributed by atoms with Gasteiger partial charge in [0.25, 0.3) is 0 Å². The lowest BCUT2D eigenvalue weighted by Gasteiger charge is -2.18. The zero-order chi connectivity index (χ0) is 77.2. The van der Waals surface area contributed by atoms with Crippen molar-refractivity contribution in [3.05, 3.63) is 136 Å². The van der Waals surface area contributed by atoms with Crippen molar-refractivity contribution < 1.29 is 42.7 Å². The summed E-state index contributed by atoms with van der Waals surface area (Å²) in [7, 11) is 0. The van der Waals surface area contributed by atoms with E-state index in [0.717, 1.165) is 166 Å². The number of ether oxygens (including phenoxy) is 6. The summed E-state index contributed by atoms with van der Waals surface area (Å²) in [5.41, 5.74) is 10.3. The van der Waals surface area contributed by atoms with Crippen LogP contribution in [0.3, 0.4) is 0 Å². The molecular weight excluding hydrogens is 1370 g/mol. The van der Waals surface area contributed by atoms with Gasteiger partial charge in [-0.15, -0.1) is 0 Å². The summed E-state index contributed by atoms with van der Waals surface area (Å²) in [4.78, 5) is 31.6. The lowest BCUT2D eigenvalue weighted by molar-refractivity contribution is -0.132. The molecule has 0 fully saturated rings. The Morgan fingerprint density at radius 2 is 0.645 bits per heavy atom. The molecule has 2 aliphatic rings. The summed E-state index contributed by atoms with van der Waals surface area (Å²) < 4.78 is 48.6. The Morgan fingerprint density at radius 1 is 0.364 bits per heavy atom. The molecule has 0 radical (unpaired) electrons. The van der Waals surface area contributed by atoms with Crippen LogP contribution in [0.1, 0.15) is 313 Å². The van der Waals surface area contributed by atoms with Gasteiger partial charge in [0, 0.05) is 39.3 Å². The average molecular weight is 1490 g/mol. The molecule has 4 aromatic heterocycles. The Kier molecular flexibility index (Phi) is 37.1. The van der Waals surface area contributed by atoms with Gasteiger partial charge >= 0.3 is 5.97 Å². The zero-order valence-corrected chi connectivity index (χ0v) is 67.3. The highest BCUT2D eigenvalue weighted by atomic mass is 16.5. The molecule has 588 valence electrons. The number of carboxylic acid groups (broad SMARTS) is 1. The first kappa shape index (κ1) is 84.6. The molecule has 6 heterocycles. The number of aromatic amines is 2. The van der Waals surface area contributed by atoms with Gasteiger partial charge in [0.2, 0.25) is 0 Å². The van der Waals surface area contributed by atoms with E-state index in [9.17, 15) is 15.2 Å². The molecule has 0 amide bonds. The fraction of sp³-hybridized carbons (Fsp3) is 0.500. The zero-order valence-electron chi connectivity index (χ0n) is 67.3. The SMILES string of the molecule is CCCCCCCCOc1cccc(OCCCCCCCC)c1-c1c2nc(c(-c3c(OCCCCCCCC)cccc3OCCCCCCCC)c3ccc([nH]3)c(-c3c(OCCCCCCCC)cccc3OCCCCCCCC)c3nc(c(C#Cc4ccc(/C=C(/C#N)C(=O)O)o4)c4ccc1[nH]4)C=C3)C=C2. The third-order valence-corrected chi connectivity index (χ3v) is 20.6. The van der Waals surface area contributed by atoms with Crippen LogP contribution in [-0.2, 0) is 4.79 Å². The van der Waals surface area contributed by atoms with Crippen molar-refractivity contribution in [1.82, 2.24) is 19.9 Å². The second-order valence-corrected chi connectivity index (χ2v) is 29.5. The molecule has 3 aromatic carbocycles. The fourth-order valence-corrected chi connectivity index (χ4v) is 14.4. The molecule has 3 N–H and O–H groups in total. The number of fused-ring (bicyclic) bond motifs is 8. The summed E-state index contributed by atoms with van der Waals surface area (Å²) >= 11 is 0. The van der Waals surface area contributed by atoms with Gasteiger partial charge in [0.15, 0.2) is 5.76 Å². The van der Waals surface area contributed by atoms with Crippen LogP contribution < -0.4 is 28.4 Å². The second-order valence-electron chi connectivity index (χ2n) is 29.5. The molecule has 2 aliphatic heterocycles. The molecule has 7 aromatic rings. The average Bonchev–Trinajstić information content (AvgIpc) is 1.58. The molecule has 0 unspecified atom stereocenters. The first-order chi connectivity index (χ1) is 54.2. The third kappa shape index (κ3) is 25.9. The maximum atomic E-state index is 12.0. The Hall–Kier alpha value is -9.40. The van der Waals surface area contributed by atoms with Crippen molar-refractivity contribution >= 4 is 58.4 Å². The van der Waals surface area contributed by atoms with Crippen LogP contribution in [0.25, 0.3) is 85.8 Å². The molecule has 8 bridgehead atoms. The second kappa shape index (κ2) is 48.3. The molecule has 0 atom stereocenters. The van der Waals surface area contributed by atoms with Crippen molar-refractivity contribution in [3.8, 4) is 85.8 Å². The van der Waals surface area contributed by atoms with Gasteiger partial charge in [0.1, 0.15) is 51.9 Å². The van der Waals surface area contributed by atoms with Crippen LogP contribution in [-0.4, -0.2) is 70.7 Å². The topological polar surface area (TPSA) is 187 Å². The fourth-order valence-electron chi connectivity index (χ4n) is 14.4. The van der Waals surface area contributed by atoms with E-state index in [-0.39, 0.29) is 11.5 Å².